The molecule has 19 heavy (non-hydrogen) atoms. The number of amides is 2. The molecular formula is C15H24N2O2. The number of nitrogens with zero attached hydrogens (tertiary/aromatic N) is 1. The van der Waals surface area contributed by atoms with Gasteiger partial charge in [0.25, 0.3) is 0 Å². The van der Waals surface area contributed by atoms with Gasteiger partial charge in [-0.05, 0) is 30.0 Å². The standard InChI is InChI=1S/C15H24N2O2/c1-4-9-17(10-11-18)15(19)16-14-7-5-13(6-8-14)12(2)3/h5-8,12,18H,4,9-11H2,1-3H3,(H,16,19). The topological polar surface area (TPSA) is 52.6 Å². The Labute approximate surface area is 115 Å². The summed E-state index contributed by atoms with van der Waals surface area (Å²) >= 11 is 0. The van der Waals surface area contributed by atoms with Gasteiger partial charge in [0.1, 0.15) is 0 Å². The number of carbonyl (C=O) groups excluding carboxylic acids is 1. The van der Waals surface area contributed by atoms with Crippen LogP contribution in [0.2, 0.25) is 0 Å². The van der Waals surface area contributed by atoms with E-state index in [0.717, 1.165) is 12.1 Å². The first kappa shape index (κ1) is 15.5. The summed E-state index contributed by atoms with van der Waals surface area (Å²) < 4.78 is 0. The van der Waals surface area contributed by atoms with Gasteiger partial charge in [-0.1, -0.05) is 32.9 Å². The van der Waals surface area contributed by atoms with Crippen molar-refractivity contribution in [1.29, 1.82) is 0 Å². The maximum absolute atomic E-state index is 12.0. The number of aliphatic hydroxyl groups is 1. The highest BCUT2D eigenvalue weighted by molar-refractivity contribution is 5.89. The maximum atomic E-state index is 12.0. The van der Waals surface area contributed by atoms with E-state index in [0.29, 0.717) is 19.0 Å². The van der Waals surface area contributed by atoms with E-state index in [1.807, 2.05) is 31.2 Å². The van der Waals surface area contributed by atoms with Crippen molar-refractivity contribution in [2.45, 2.75) is 33.1 Å². The Kier molecular flexibility index (Phi) is 6.36. The van der Waals surface area contributed by atoms with Gasteiger partial charge < -0.3 is 15.3 Å². The fraction of sp³-hybridized carbons (Fsp3) is 0.533. The van der Waals surface area contributed by atoms with Gasteiger partial charge in [-0.2, -0.15) is 0 Å². The minimum Gasteiger partial charge on any atom is -0.395 e. The van der Waals surface area contributed by atoms with Gasteiger partial charge in [-0.25, -0.2) is 4.79 Å². The molecule has 0 fully saturated rings. The molecule has 4 heteroatoms. The molecule has 0 spiro atoms. The average Bonchev–Trinajstić information content (AvgIpc) is 2.39. The van der Waals surface area contributed by atoms with Crippen molar-refractivity contribution >= 4 is 11.7 Å². The van der Waals surface area contributed by atoms with E-state index < -0.39 is 0 Å². The second-order valence-electron chi connectivity index (χ2n) is 4.92. The van der Waals surface area contributed by atoms with Gasteiger partial charge in [-0.15, -0.1) is 0 Å². The number of nitrogens with one attached hydrogen (secondary N) is 1. The molecule has 1 aromatic rings. The van der Waals surface area contributed by atoms with E-state index in [-0.39, 0.29) is 12.6 Å². The highest BCUT2D eigenvalue weighted by Gasteiger charge is 2.11. The molecule has 4 nitrogen and oxygen atoms in total. The highest BCUT2D eigenvalue weighted by atomic mass is 16.3. The average molecular weight is 264 g/mol. The van der Waals surface area contributed by atoms with Crippen LogP contribution in [0.25, 0.3) is 0 Å². The normalized spacial score (nSPS) is 10.6. The molecule has 1 aromatic carbocycles. The Hall–Kier alpha value is -1.55. The van der Waals surface area contributed by atoms with Crippen LogP contribution >= 0.6 is 0 Å². The van der Waals surface area contributed by atoms with Gasteiger partial charge in [0.15, 0.2) is 0 Å². The number of carbonyl (C=O) groups is 1. The van der Waals surface area contributed by atoms with Crippen molar-refractivity contribution in [3.63, 3.8) is 0 Å². The molecule has 0 aliphatic carbocycles. The Morgan fingerprint density at radius 2 is 1.89 bits per heavy atom. The second-order valence-corrected chi connectivity index (χ2v) is 4.92. The summed E-state index contributed by atoms with van der Waals surface area (Å²) in [6.45, 7) is 7.28. The summed E-state index contributed by atoms with van der Waals surface area (Å²) in [6, 6.07) is 7.72. The molecule has 0 atom stereocenters. The molecule has 106 valence electrons. The number of hydrogen-bond acceptors (Lipinski definition) is 2. The second kappa shape index (κ2) is 7.79. The zero-order chi connectivity index (χ0) is 14.3. The van der Waals surface area contributed by atoms with E-state index >= 15 is 0 Å². The SMILES string of the molecule is CCCN(CCO)C(=O)Nc1ccc(C(C)C)cc1. The van der Waals surface area contributed by atoms with Crippen LogP contribution in [0.3, 0.4) is 0 Å². The molecule has 0 unspecified atom stereocenters. The Bertz CT molecular complexity index is 382. The number of benzene rings is 1. The van der Waals surface area contributed by atoms with Gasteiger partial charge in [-0.3, -0.25) is 0 Å². The third-order valence-corrected chi connectivity index (χ3v) is 2.98. The van der Waals surface area contributed by atoms with E-state index in [9.17, 15) is 4.79 Å². The Balaban J connectivity index is 2.64. The van der Waals surface area contributed by atoms with Crippen LogP contribution in [-0.2, 0) is 0 Å². The molecule has 0 saturated heterocycles. The lowest BCUT2D eigenvalue weighted by Crippen LogP contribution is -2.37. The summed E-state index contributed by atoms with van der Waals surface area (Å²) in [5, 5.41) is 11.8. The van der Waals surface area contributed by atoms with Crippen molar-refractivity contribution in [3.05, 3.63) is 29.8 Å². The smallest absolute Gasteiger partial charge is 0.321 e. The predicted octanol–water partition coefficient (Wildman–Crippen LogP) is 3.05. The molecular weight excluding hydrogens is 240 g/mol. The maximum Gasteiger partial charge on any atom is 0.321 e. The minimum absolute atomic E-state index is 0.0142. The van der Waals surface area contributed by atoms with Gasteiger partial charge in [0.2, 0.25) is 0 Å². The van der Waals surface area contributed by atoms with Crippen LogP contribution in [0.4, 0.5) is 10.5 Å². The van der Waals surface area contributed by atoms with Crippen molar-refractivity contribution < 1.29 is 9.90 Å². The van der Waals surface area contributed by atoms with Gasteiger partial charge >= 0.3 is 6.03 Å². The zero-order valence-corrected chi connectivity index (χ0v) is 12.0. The molecule has 0 aliphatic heterocycles. The molecule has 0 bridgehead atoms. The molecule has 0 aliphatic rings. The molecule has 0 radical (unpaired) electrons. The summed E-state index contributed by atoms with van der Waals surface area (Å²) in [6.07, 6.45) is 0.875. The number of urea groups is 1. The minimum atomic E-state index is -0.159. The third-order valence-electron chi connectivity index (χ3n) is 2.98. The molecule has 2 amide bonds. The van der Waals surface area contributed by atoms with Crippen molar-refractivity contribution in [2.24, 2.45) is 0 Å². The lowest BCUT2D eigenvalue weighted by atomic mass is 10.0. The fourth-order valence-electron chi connectivity index (χ4n) is 1.86. The van der Waals surface area contributed by atoms with Crippen LogP contribution < -0.4 is 5.32 Å². The van der Waals surface area contributed by atoms with Crippen LogP contribution in [-0.4, -0.2) is 35.7 Å². The molecule has 0 heterocycles. The largest absolute Gasteiger partial charge is 0.395 e. The molecule has 1 rings (SSSR count). The molecule has 2 N–H and O–H groups in total. The van der Waals surface area contributed by atoms with Gasteiger partial charge in [0.05, 0.1) is 6.61 Å². The predicted molar refractivity (Wildman–Crippen MR) is 78.5 cm³/mol. The number of rotatable bonds is 6. The highest BCUT2D eigenvalue weighted by Crippen LogP contribution is 2.17. The number of aliphatic hydroxyl groups excluding tert-OH is 1. The van der Waals surface area contributed by atoms with Gasteiger partial charge in [0, 0.05) is 18.8 Å². The third kappa shape index (κ3) is 4.91. The first-order valence-electron chi connectivity index (χ1n) is 6.85. The molecule has 0 saturated carbocycles. The quantitative estimate of drug-likeness (QED) is 0.829. The summed E-state index contributed by atoms with van der Waals surface area (Å²) in [4.78, 5) is 13.6. The van der Waals surface area contributed by atoms with Crippen molar-refractivity contribution in [1.82, 2.24) is 4.90 Å². The van der Waals surface area contributed by atoms with E-state index in [1.54, 1.807) is 4.90 Å². The van der Waals surface area contributed by atoms with Crippen molar-refractivity contribution in [3.8, 4) is 0 Å². The Morgan fingerprint density at radius 1 is 1.26 bits per heavy atom. The zero-order valence-electron chi connectivity index (χ0n) is 12.0. The lowest BCUT2D eigenvalue weighted by molar-refractivity contribution is 0.188. The van der Waals surface area contributed by atoms with E-state index in [1.165, 1.54) is 5.56 Å². The van der Waals surface area contributed by atoms with Crippen molar-refractivity contribution in [2.75, 3.05) is 25.0 Å². The van der Waals surface area contributed by atoms with E-state index in [2.05, 4.69) is 19.2 Å². The number of hydrogen-bond donors (Lipinski definition) is 2. The lowest BCUT2D eigenvalue weighted by Gasteiger charge is -2.21. The summed E-state index contributed by atoms with van der Waals surface area (Å²) in [5.41, 5.74) is 2.03. The van der Waals surface area contributed by atoms with Crippen LogP contribution in [0, 0.1) is 0 Å². The first-order chi connectivity index (χ1) is 9.08. The van der Waals surface area contributed by atoms with E-state index in [4.69, 9.17) is 5.11 Å². The first-order valence-corrected chi connectivity index (χ1v) is 6.85. The monoisotopic (exact) mass is 264 g/mol. The summed E-state index contributed by atoms with van der Waals surface area (Å²) in [7, 11) is 0. The summed E-state index contributed by atoms with van der Waals surface area (Å²) in [5.74, 6) is 0.482. The Morgan fingerprint density at radius 3 is 2.37 bits per heavy atom. The molecule has 0 aromatic heterocycles. The number of anilines is 1. The fourth-order valence-corrected chi connectivity index (χ4v) is 1.86. The van der Waals surface area contributed by atoms with Crippen LogP contribution in [0.5, 0.6) is 0 Å². The van der Waals surface area contributed by atoms with Crippen LogP contribution in [0.1, 0.15) is 38.7 Å². The van der Waals surface area contributed by atoms with Crippen LogP contribution in [0.15, 0.2) is 24.3 Å².